The standard InChI is InChI=1S/C17H22N4O/c1-2-12(1)15-8-21-10-18-20-17(21)7-16(15)22-9-11-5-13-3-4-14(6-11)19-13/h7-8,10-14,19H,1-6,9H2. The van der Waals surface area contributed by atoms with Crippen molar-refractivity contribution in [1.29, 1.82) is 0 Å². The normalized spacial score (nSPS) is 30.8. The first-order valence-corrected chi connectivity index (χ1v) is 8.57. The van der Waals surface area contributed by atoms with E-state index in [0.717, 1.165) is 30.1 Å². The number of nitrogens with zero attached hydrogens (tertiary/aromatic N) is 3. The molecule has 2 atom stereocenters. The van der Waals surface area contributed by atoms with Gasteiger partial charge in [-0.05, 0) is 50.4 Å². The third kappa shape index (κ3) is 2.28. The number of pyridine rings is 1. The Bertz CT molecular complexity index is 681. The van der Waals surface area contributed by atoms with E-state index < -0.39 is 0 Å². The zero-order valence-corrected chi connectivity index (χ0v) is 12.7. The van der Waals surface area contributed by atoms with E-state index in [2.05, 4.69) is 27.8 Å². The Labute approximate surface area is 130 Å². The molecule has 5 rings (SSSR count). The van der Waals surface area contributed by atoms with Crippen molar-refractivity contribution in [2.75, 3.05) is 6.61 Å². The maximum atomic E-state index is 6.27. The van der Waals surface area contributed by atoms with Gasteiger partial charge in [-0.3, -0.25) is 4.40 Å². The quantitative estimate of drug-likeness (QED) is 0.942. The van der Waals surface area contributed by atoms with Crippen LogP contribution in [0.3, 0.4) is 0 Å². The number of fused-ring (bicyclic) bond motifs is 3. The van der Waals surface area contributed by atoms with E-state index in [1.807, 2.05) is 4.40 Å². The average molecular weight is 298 g/mol. The molecular weight excluding hydrogens is 276 g/mol. The summed E-state index contributed by atoms with van der Waals surface area (Å²) in [6.07, 6.45) is 11.7. The van der Waals surface area contributed by atoms with Crippen molar-refractivity contribution >= 4 is 5.65 Å². The molecule has 2 saturated heterocycles. The van der Waals surface area contributed by atoms with Gasteiger partial charge in [0.15, 0.2) is 5.65 Å². The van der Waals surface area contributed by atoms with Crippen molar-refractivity contribution in [3.8, 4) is 5.75 Å². The van der Waals surface area contributed by atoms with Gasteiger partial charge in [-0.2, -0.15) is 0 Å². The Morgan fingerprint density at radius 2 is 2.00 bits per heavy atom. The van der Waals surface area contributed by atoms with Crippen molar-refractivity contribution in [3.05, 3.63) is 24.2 Å². The third-order valence-electron chi connectivity index (χ3n) is 5.49. The molecular formula is C17H22N4O. The van der Waals surface area contributed by atoms with Crippen molar-refractivity contribution < 1.29 is 4.74 Å². The molecule has 5 heteroatoms. The second kappa shape index (κ2) is 4.95. The zero-order valence-electron chi connectivity index (χ0n) is 12.7. The average Bonchev–Trinajstić information content (AvgIpc) is 3.19. The fraction of sp³-hybridized carbons (Fsp3) is 0.647. The first kappa shape index (κ1) is 12.9. The number of rotatable bonds is 4. The number of aromatic nitrogens is 3. The van der Waals surface area contributed by atoms with Gasteiger partial charge >= 0.3 is 0 Å². The van der Waals surface area contributed by atoms with E-state index in [1.54, 1.807) is 6.33 Å². The molecule has 2 unspecified atom stereocenters. The fourth-order valence-electron chi connectivity index (χ4n) is 4.21. The van der Waals surface area contributed by atoms with Crippen LogP contribution in [0.5, 0.6) is 5.75 Å². The van der Waals surface area contributed by atoms with Crippen LogP contribution < -0.4 is 10.1 Å². The van der Waals surface area contributed by atoms with Crippen LogP contribution in [0.2, 0.25) is 0 Å². The first-order valence-electron chi connectivity index (χ1n) is 8.57. The van der Waals surface area contributed by atoms with Crippen LogP contribution in [0.1, 0.15) is 50.0 Å². The maximum Gasteiger partial charge on any atom is 0.164 e. The number of piperidine rings is 1. The number of hydrogen-bond acceptors (Lipinski definition) is 4. The van der Waals surface area contributed by atoms with Crippen molar-refractivity contribution in [2.24, 2.45) is 5.92 Å². The van der Waals surface area contributed by atoms with Crippen molar-refractivity contribution in [3.63, 3.8) is 0 Å². The highest BCUT2D eigenvalue weighted by Gasteiger charge is 2.34. The Morgan fingerprint density at radius 1 is 1.18 bits per heavy atom. The molecule has 1 saturated carbocycles. The molecule has 116 valence electrons. The van der Waals surface area contributed by atoms with Gasteiger partial charge in [0.05, 0.1) is 6.61 Å². The van der Waals surface area contributed by atoms with Crippen LogP contribution in [0.4, 0.5) is 0 Å². The van der Waals surface area contributed by atoms with Crippen LogP contribution in [-0.4, -0.2) is 33.3 Å². The molecule has 2 bridgehead atoms. The third-order valence-corrected chi connectivity index (χ3v) is 5.49. The van der Waals surface area contributed by atoms with E-state index in [1.165, 1.54) is 44.1 Å². The molecule has 2 aromatic rings. The molecule has 2 aliphatic heterocycles. The van der Waals surface area contributed by atoms with E-state index in [9.17, 15) is 0 Å². The summed E-state index contributed by atoms with van der Waals surface area (Å²) in [7, 11) is 0. The molecule has 1 N–H and O–H groups in total. The monoisotopic (exact) mass is 298 g/mol. The molecule has 3 fully saturated rings. The van der Waals surface area contributed by atoms with Gasteiger partial charge in [-0.25, -0.2) is 0 Å². The molecule has 3 aliphatic rings. The summed E-state index contributed by atoms with van der Waals surface area (Å²) in [6.45, 7) is 0.846. The van der Waals surface area contributed by atoms with Crippen LogP contribution >= 0.6 is 0 Å². The first-order chi connectivity index (χ1) is 10.8. The Morgan fingerprint density at radius 3 is 2.77 bits per heavy atom. The molecule has 4 heterocycles. The minimum absolute atomic E-state index is 0.672. The summed E-state index contributed by atoms with van der Waals surface area (Å²) >= 11 is 0. The molecule has 0 amide bonds. The van der Waals surface area contributed by atoms with Gasteiger partial charge in [-0.15, -0.1) is 10.2 Å². The van der Waals surface area contributed by atoms with Crippen LogP contribution in [0.15, 0.2) is 18.6 Å². The van der Waals surface area contributed by atoms with Gasteiger partial charge in [0.2, 0.25) is 0 Å². The Kier molecular flexibility index (Phi) is 2.90. The highest BCUT2D eigenvalue weighted by Crippen LogP contribution is 2.44. The van der Waals surface area contributed by atoms with Crippen LogP contribution in [-0.2, 0) is 0 Å². The van der Waals surface area contributed by atoms with Crippen molar-refractivity contribution in [2.45, 2.75) is 56.5 Å². The second-order valence-corrected chi connectivity index (χ2v) is 7.25. The Hall–Kier alpha value is -1.62. The van der Waals surface area contributed by atoms with E-state index >= 15 is 0 Å². The molecule has 2 aromatic heterocycles. The lowest BCUT2D eigenvalue weighted by Crippen LogP contribution is -2.39. The van der Waals surface area contributed by atoms with E-state index in [4.69, 9.17) is 4.74 Å². The van der Waals surface area contributed by atoms with Crippen molar-refractivity contribution in [1.82, 2.24) is 19.9 Å². The zero-order chi connectivity index (χ0) is 14.5. The number of ether oxygens (including phenoxy) is 1. The lowest BCUT2D eigenvalue weighted by Gasteiger charge is -2.29. The molecule has 0 radical (unpaired) electrons. The van der Waals surface area contributed by atoms with Gasteiger partial charge in [0.25, 0.3) is 0 Å². The van der Waals surface area contributed by atoms with Gasteiger partial charge in [0.1, 0.15) is 12.1 Å². The number of hydrogen-bond donors (Lipinski definition) is 1. The van der Waals surface area contributed by atoms with Gasteiger partial charge < -0.3 is 10.1 Å². The predicted octanol–water partition coefficient (Wildman–Crippen LogP) is 2.52. The maximum absolute atomic E-state index is 6.27. The summed E-state index contributed by atoms with van der Waals surface area (Å²) < 4.78 is 8.28. The fourth-order valence-corrected chi connectivity index (χ4v) is 4.21. The van der Waals surface area contributed by atoms with Crippen LogP contribution in [0.25, 0.3) is 5.65 Å². The minimum atomic E-state index is 0.672. The van der Waals surface area contributed by atoms with Gasteiger partial charge in [-0.1, -0.05) is 0 Å². The lowest BCUT2D eigenvalue weighted by molar-refractivity contribution is 0.189. The molecule has 0 aromatic carbocycles. The SMILES string of the molecule is c1c(OCC2CC3CCC(C2)N3)c(C2CC2)cn2cnnc12. The summed E-state index contributed by atoms with van der Waals surface area (Å²) in [5, 5.41) is 11.8. The smallest absolute Gasteiger partial charge is 0.164 e. The highest BCUT2D eigenvalue weighted by atomic mass is 16.5. The predicted molar refractivity (Wildman–Crippen MR) is 83.1 cm³/mol. The number of nitrogens with one attached hydrogen (secondary N) is 1. The molecule has 1 aliphatic carbocycles. The summed E-state index contributed by atoms with van der Waals surface area (Å²) in [5.74, 6) is 2.40. The summed E-state index contributed by atoms with van der Waals surface area (Å²) in [4.78, 5) is 0. The topological polar surface area (TPSA) is 51.5 Å². The van der Waals surface area contributed by atoms with E-state index in [-0.39, 0.29) is 0 Å². The highest BCUT2D eigenvalue weighted by molar-refractivity contribution is 5.49. The minimum Gasteiger partial charge on any atom is -0.493 e. The molecule has 22 heavy (non-hydrogen) atoms. The van der Waals surface area contributed by atoms with E-state index in [0.29, 0.717) is 11.8 Å². The molecule has 0 spiro atoms. The van der Waals surface area contributed by atoms with Gasteiger partial charge in [0, 0.05) is 29.9 Å². The summed E-state index contributed by atoms with van der Waals surface area (Å²) in [6, 6.07) is 3.53. The van der Waals surface area contributed by atoms with Crippen LogP contribution in [0, 0.1) is 5.92 Å². The summed E-state index contributed by atoms with van der Waals surface area (Å²) in [5.41, 5.74) is 2.22. The Balaban J connectivity index is 1.35. The lowest BCUT2D eigenvalue weighted by atomic mass is 9.93. The second-order valence-electron chi connectivity index (χ2n) is 7.25. The largest absolute Gasteiger partial charge is 0.493 e. The molecule has 5 nitrogen and oxygen atoms in total.